The minimum atomic E-state index is -0.694. The van der Waals surface area contributed by atoms with Crippen LogP contribution < -0.4 is 5.32 Å². The number of fused-ring (bicyclic) bond motifs is 2. The lowest BCUT2D eigenvalue weighted by Gasteiger charge is -2.35. The molecule has 0 saturated carbocycles. The molecule has 6 heteroatoms. The number of likely N-dealkylation sites (tertiary alicyclic amines) is 1. The smallest absolute Gasteiger partial charge is 0.325 e. The van der Waals surface area contributed by atoms with Gasteiger partial charge in [-0.2, -0.15) is 0 Å². The van der Waals surface area contributed by atoms with Gasteiger partial charge in [0.2, 0.25) is 0 Å². The van der Waals surface area contributed by atoms with Crippen molar-refractivity contribution in [1.82, 2.24) is 10.2 Å². The molecule has 0 radical (unpaired) electrons. The number of nitrogens with zero attached hydrogens (tertiary/aromatic N) is 1. The molecule has 2 N–H and O–H groups in total. The van der Waals surface area contributed by atoms with Crippen LogP contribution in [0.3, 0.4) is 0 Å². The number of piperazine rings is 1. The summed E-state index contributed by atoms with van der Waals surface area (Å²) in [6.45, 7) is 2.13. The highest BCUT2D eigenvalue weighted by atomic mass is 35.5. The summed E-state index contributed by atoms with van der Waals surface area (Å²) in [7, 11) is 0. The van der Waals surface area contributed by atoms with E-state index >= 15 is 0 Å². The van der Waals surface area contributed by atoms with E-state index in [9.17, 15) is 9.90 Å². The fraction of sp³-hybridized carbons (Fsp3) is 0.462. The fourth-order valence-electron chi connectivity index (χ4n) is 2.99. The predicted octanol–water partition coefficient (Wildman–Crippen LogP) is 1.53. The first-order valence-electron chi connectivity index (χ1n) is 5.96. The van der Waals surface area contributed by atoms with Gasteiger partial charge in [0.25, 0.3) is 0 Å². The first-order chi connectivity index (χ1) is 8.21. The molecule has 0 aliphatic carbocycles. The maximum absolute atomic E-state index is 11.5. The van der Waals surface area contributed by atoms with E-state index in [1.165, 1.54) is 5.56 Å². The maximum Gasteiger partial charge on any atom is 0.325 e. The van der Waals surface area contributed by atoms with Gasteiger partial charge in [0.1, 0.15) is 5.54 Å². The first-order valence-corrected chi connectivity index (χ1v) is 5.96. The van der Waals surface area contributed by atoms with Crippen LogP contribution in [-0.2, 0) is 11.3 Å². The molecule has 19 heavy (non-hydrogen) atoms. The van der Waals surface area contributed by atoms with Crippen LogP contribution in [0.15, 0.2) is 30.3 Å². The Morgan fingerprint density at radius 1 is 1.37 bits per heavy atom. The molecule has 3 rings (SSSR count). The third kappa shape index (κ3) is 2.72. The largest absolute Gasteiger partial charge is 0.480 e. The van der Waals surface area contributed by atoms with Gasteiger partial charge in [-0.3, -0.25) is 9.69 Å². The molecule has 4 nitrogen and oxygen atoms in total. The molecule has 2 aliphatic heterocycles. The van der Waals surface area contributed by atoms with Gasteiger partial charge in [-0.1, -0.05) is 30.3 Å². The zero-order valence-electron chi connectivity index (χ0n) is 10.4. The van der Waals surface area contributed by atoms with Crippen molar-refractivity contribution in [2.75, 3.05) is 13.1 Å². The molecule has 0 aromatic heterocycles. The summed E-state index contributed by atoms with van der Waals surface area (Å²) in [6, 6.07) is 10.4. The average Bonchev–Trinajstić information content (AvgIpc) is 2.89. The highest BCUT2D eigenvalue weighted by molar-refractivity contribution is 5.85. The molecule has 2 bridgehead atoms. The Hall–Kier alpha value is -0.810. The molecular weight excluding hydrogens is 287 g/mol. The SMILES string of the molecule is Cl.Cl.O=C(O)C12CNC(CN1Cc1ccccc1)C2. The van der Waals surface area contributed by atoms with Crippen LogP contribution in [0.4, 0.5) is 0 Å². The van der Waals surface area contributed by atoms with E-state index in [0.29, 0.717) is 12.6 Å². The molecular formula is C13H18Cl2N2O2. The van der Waals surface area contributed by atoms with Crippen molar-refractivity contribution >= 4 is 30.8 Å². The minimum absolute atomic E-state index is 0. The normalized spacial score (nSPS) is 28.5. The topological polar surface area (TPSA) is 52.6 Å². The van der Waals surface area contributed by atoms with Crippen molar-refractivity contribution in [2.45, 2.75) is 24.5 Å². The molecule has 2 saturated heterocycles. The highest BCUT2D eigenvalue weighted by Gasteiger charge is 2.55. The molecule has 2 atom stereocenters. The summed E-state index contributed by atoms with van der Waals surface area (Å²) in [5, 5.41) is 12.7. The maximum atomic E-state index is 11.5. The van der Waals surface area contributed by atoms with Crippen LogP contribution in [0.5, 0.6) is 0 Å². The Balaban J connectivity index is 0.000000902. The monoisotopic (exact) mass is 304 g/mol. The number of benzene rings is 1. The molecule has 0 amide bonds. The lowest BCUT2D eigenvalue weighted by atomic mass is 9.98. The molecule has 1 aromatic rings. The van der Waals surface area contributed by atoms with Crippen molar-refractivity contribution in [2.24, 2.45) is 0 Å². The average molecular weight is 305 g/mol. The number of carboxylic acid groups (broad SMARTS) is 1. The van der Waals surface area contributed by atoms with Crippen molar-refractivity contribution in [3.05, 3.63) is 35.9 Å². The van der Waals surface area contributed by atoms with Gasteiger partial charge in [-0.15, -0.1) is 24.8 Å². The van der Waals surface area contributed by atoms with E-state index in [1.807, 2.05) is 18.2 Å². The Morgan fingerprint density at radius 3 is 2.63 bits per heavy atom. The predicted molar refractivity (Wildman–Crippen MR) is 78.1 cm³/mol. The summed E-state index contributed by atoms with van der Waals surface area (Å²) in [6.07, 6.45) is 0.731. The number of halogens is 2. The van der Waals surface area contributed by atoms with Gasteiger partial charge in [-0.25, -0.2) is 0 Å². The van der Waals surface area contributed by atoms with Crippen molar-refractivity contribution < 1.29 is 9.90 Å². The van der Waals surface area contributed by atoms with Crippen LogP contribution >= 0.6 is 24.8 Å². The number of rotatable bonds is 3. The lowest BCUT2D eigenvalue weighted by molar-refractivity contribution is -0.149. The highest BCUT2D eigenvalue weighted by Crippen LogP contribution is 2.35. The zero-order chi connectivity index (χ0) is 11.9. The van der Waals surface area contributed by atoms with Crippen molar-refractivity contribution in [1.29, 1.82) is 0 Å². The lowest BCUT2D eigenvalue weighted by Crippen LogP contribution is -2.56. The number of hydrogen-bond acceptors (Lipinski definition) is 3. The second kappa shape index (κ2) is 6.09. The van der Waals surface area contributed by atoms with E-state index in [0.717, 1.165) is 19.5 Å². The Bertz CT molecular complexity index is 444. The standard InChI is InChI=1S/C13H16N2O2.2ClH/c16-12(17)13-6-11(14-9-13)8-15(13)7-10-4-2-1-3-5-10;;/h1-5,11,14H,6-9H2,(H,16,17);2*1H. The summed E-state index contributed by atoms with van der Waals surface area (Å²) >= 11 is 0. The third-order valence-electron chi connectivity index (χ3n) is 3.93. The van der Waals surface area contributed by atoms with Gasteiger partial charge in [0.15, 0.2) is 0 Å². The van der Waals surface area contributed by atoms with E-state index < -0.39 is 11.5 Å². The number of aliphatic carboxylic acids is 1. The summed E-state index contributed by atoms with van der Waals surface area (Å²) < 4.78 is 0. The van der Waals surface area contributed by atoms with Gasteiger partial charge >= 0.3 is 5.97 Å². The Kier molecular flexibility index (Phi) is 5.21. The van der Waals surface area contributed by atoms with Gasteiger partial charge < -0.3 is 10.4 Å². The fourth-order valence-corrected chi connectivity index (χ4v) is 2.99. The van der Waals surface area contributed by atoms with Gasteiger partial charge in [-0.05, 0) is 12.0 Å². The summed E-state index contributed by atoms with van der Waals surface area (Å²) in [5.41, 5.74) is 0.501. The van der Waals surface area contributed by atoms with E-state index in [1.54, 1.807) is 0 Å². The van der Waals surface area contributed by atoms with Crippen molar-refractivity contribution in [3.8, 4) is 0 Å². The van der Waals surface area contributed by atoms with Crippen LogP contribution in [-0.4, -0.2) is 40.6 Å². The molecule has 2 heterocycles. The summed E-state index contributed by atoms with van der Waals surface area (Å²) in [4.78, 5) is 13.6. The van der Waals surface area contributed by atoms with E-state index in [4.69, 9.17) is 0 Å². The van der Waals surface area contributed by atoms with Gasteiger partial charge in [0.05, 0.1) is 0 Å². The number of carboxylic acids is 1. The molecule has 1 aromatic carbocycles. The van der Waals surface area contributed by atoms with Crippen LogP contribution in [0.2, 0.25) is 0 Å². The van der Waals surface area contributed by atoms with Crippen molar-refractivity contribution in [3.63, 3.8) is 0 Å². The molecule has 106 valence electrons. The van der Waals surface area contributed by atoms with E-state index in [2.05, 4.69) is 22.3 Å². The zero-order valence-corrected chi connectivity index (χ0v) is 12.0. The minimum Gasteiger partial charge on any atom is -0.480 e. The number of nitrogens with one attached hydrogen (secondary N) is 1. The second-order valence-corrected chi connectivity index (χ2v) is 4.98. The van der Waals surface area contributed by atoms with Crippen LogP contribution in [0.1, 0.15) is 12.0 Å². The first kappa shape index (κ1) is 16.2. The van der Waals surface area contributed by atoms with Crippen LogP contribution in [0.25, 0.3) is 0 Å². The van der Waals surface area contributed by atoms with Crippen LogP contribution in [0, 0.1) is 0 Å². The Morgan fingerprint density at radius 2 is 2.05 bits per heavy atom. The number of carbonyl (C=O) groups is 1. The quantitative estimate of drug-likeness (QED) is 0.889. The summed E-state index contributed by atoms with van der Waals surface area (Å²) in [5.74, 6) is -0.694. The molecule has 0 spiro atoms. The van der Waals surface area contributed by atoms with Gasteiger partial charge in [0, 0.05) is 25.7 Å². The molecule has 2 unspecified atom stereocenters. The third-order valence-corrected chi connectivity index (χ3v) is 3.93. The Labute approximate surface area is 125 Å². The number of hydrogen-bond donors (Lipinski definition) is 2. The molecule has 2 aliphatic rings. The second-order valence-electron chi connectivity index (χ2n) is 4.98. The van der Waals surface area contributed by atoms with E-state index in [-0.39, 0.29) is 24.8 Å². The molecule has 2 fully saturated rings.